The van der Waals surface area contributed by atoms with Gasteiger partial charge in [0.15, 0.2) is 0 Å². The van der Waals surface area contributed by atoms with Crippen LogP contribution in [0.1, 0.15) is 164 Å². The maximum absolute atomic E-state index is 15.5. The van der Waals surface area contributed by atoms with E-state index in [2.05, 4.69) is 62.0 Å². The Morgan fingerprint density at radius 3 is 2.28 bits per heavy atom. The number of ether oxygens (including phenoxy) is 3. The van der Waals surface area contributed by atoms with E-state index in [-0.39, 0.29) is 43.5 Å². The normalized spacial score (nSPS) is 22.0. The van der Waals surface area contributed by atoms with Crippen molar-refractivity contribution in [1.82, 2.24) is 4.90 Å². The summed E-state index contributed by atoms with van der Waals surface area (Å²) >= 11 is 0. The van der Waals surface area contributed by atoms with Crippen molar-refractivity contribution in [2.75, 3.05) is 19.8 Å². The van der Waals surface area contributed by atoms with Gasteiger partial charge in [-0.1, -0.05) is 143 Å². The molecule has 2 aliphatic carbocycles. The smallest absolute Gasteiger partial charge is 0.239 e. The fourth-order valence-electron chi connectivity index (χ4n) is 11.4. The second-order valence-corrected chi connectivity index (χ2v) is 21.0. The molecule has 4 aromatic rings. The molecule has 7 rings (SSSR count). The first-order chi connectivity index (χ1) is 34.5. The third kappa shape index (κ3) is 13.4. The highest BCUT2D eigenvalue weighted by Crippen LogP contribution is 2.62. The molecule has 1 aliphatic heterocycles. The SMILES string of the molecule is C=CCOC12Oc3ccc(Oc4cccc(C=O)c4)cc3C3C(CCCCO)C(CCCCO)C=C(C(=NOC(C)(C)C)CC1N(Cc1cccc4ccccc14)C(=O)CCCCCCCCCCC)C32. The van der Waals surface area contributed by atoms with Gasteiger partial charge in [0.2, 0.25) is 11.7 Å². The van der Waals surface area contributed by atoms with Gasteiger partial charge in [-0.05, 0) is 117 Å². The number of unbranched alkanes of at least 4 members (excludes halogenated alkanes) is 10. The minimum Gasteiger partial charge on any atom is -0.459 e. The predicted octanol–water partition coefficient (Wildman–Crippen LogP) is 13.8. The van der Waals surface area contributed by atoms with Crippen LogP contribution >= 0.6 is 0 Å². The molecule has 1 heterocycles. The average Bonchev–Trinajstić information content (AvgIpc) is 3.37. The number of rotatable bonds is 28. The Balaban J connectivity index is 1.41. The second-order valence-electron chi connectivity index (χ2n) is 21.0. The summed E-state index contributed by atoms with van der Waals surface area (Å²) in [5.41, 5.74) is 3.66. The summed E-state index contributed by atoms with van der Waals surface area (Å²) in [5.74, 6) is -0.128. The highest BCUT2D eigenvalue weighted by molar-refractivity contribution is 6.03. The van der Waals surface area contributed by atoms with Gasteiger partial charge in [-0.15, -0.1) is 6.58 Å². The fourth-order valence-corrected chi connectivity index (χ4v) is 11.4. The summed E-state index contributed by atoms with van der Waals surface area (Å²) in [7, 11) is 0. The van der Waals surface area contributed by atoms with Crippen LogP contribution < -0.4 is 9.47 Å². The predicted molar refractivity (Wildman–Crippen MR) is 284 cm³/mol. The van der Waals surface area contributed by atoms with E-state index in [4.69, 9.17) is 24.2 Å². The van der Waals surface area contributed by atoms with Crippen molar-refractivity contribution in [3.63, 3.8) is 0 Å². The molecule has 10 nitrogen and oxygen atoms in total. The summed E-state index contributed by atoms with van der Waals surface area (Å²) in [4.78, 5) is 35.8. The number of hydrogen-bond acceptors (Lipinski definition) is 9. The number of aliphatic hydroxyl groups is 2. The van der Waals surface area contributed by atoms with Crippen LogP contribution in [-0.4, -0.2) is 70.3 Å². The Morgan fingerprint density at radius 2 is 1.55 bits per heavy atom. The topological polar surface area (TPSA) is 127 Å². The van der Waals surface area contributed by atoms with Crippen molar-refractivity contribution in [1.29, 1.82) is 0 Å². The number of carbonyl (C=O) groups is 2. The molecule has 382 valence electrons. The molecule has 0 spiro atoms. The van der Waals surface area contributed by atoms with Crippen LogP contribution in [0.4, 0.5) is 0 Å². The molecule has 6 atom stereocenters. The number of oxime groups is 1. The Bertz CT molecular complexity index is 2430. The molecule has 1 saturated carbocycles. The average molecular weight is 969 g/mol. The van der Waals surface area contributed by atoms with Gasteiger partial charge in [0.25, 0.3) is 0 Å². The van der Waals surface area contributed by atoms with Crippen molar-refractivity contribution in [2.24, 2.45) is 22.9 Å². The van der Waals surface area contributed by atoms with Crippen molar-refractivity contribution >= 4 is 28.7 Å². The molecule has 0 aromatic heterocycles. The summed E-state index contributed by atoms with van der Waals surface area (Å²) in [5, 5.41) is 27.4. The molecule has 71 heavy (non-hydrogen) atoms. The largest absolute Gasteiger partial charge is 0.459 e. The minimum absolute atomic E-state index is 0.0420. The number of amides is 1. The number of hydrogen-bond donors (Lipinski definition) is 2. The lowest BCUT2D eigenvalue weighted by Gasteiger charge is -2.60. The number of fused-ring (bicyclic) bond motifs is 3. The molecular formula is C61H80N2O8. The van der Waals surface area contributed by atoms with Crippen LogP contribution in [0.2, 0.25) is 0 Å². The van der Waals surface area contributed by atoms with E-state index in [1.165, 1.54) is 38.5 Å². The molecular weight excluding hydrogens is 889 g/mol. The van der Waals surface area contributed by atoms with E-state index in [0.29, 0.717) is 55.0 Å². The van der Waals surface area contributed by atoms with Gasteiger partial charge in [-0.3, -0.25) is 9.59 Å². The summed E-state index contributed by atoms with van der Waals surface area (Å²) < 4.78 is 21.5. The van der Waals surface area contributed by atoms with Crippen LogP contribution in [0.25, 0.3) is 10.8 Å². The van der Waals surface area contributed by atoms with E-state index >= 15 is 4.79 Å². The Kier molecular flexibility index (Phi) is 19.5. The number of carbonyl (C=O) groups excluding carboxylic acids is 2. The monoisotopic (exact) mass is 969 g/mol. The second kappa shape index (κ2) is 25.9. The number of aldehydes is 1. The van der Waals surface area contributed by atoms with E-state index in [1.807, 2.05) is 56.0 Å². The molecule has 0 radical (unpaired) electrons. The van der Waals surface area contributed by atoms with Gasteiger partial charge < -0.3 is 34.2 Å². The minimum atomic E-state index is -1.40. The Morgan fingerprint density at radius 1 is 0.845 bits per heavy atom. The van der Waals surface area contributed by atoms with Gasteiger partial charge in [0, 0.05) is 49.6 Å². The lowest BCUT2D eigenvalue weighted by Crippen LogP contribution is -2.70. The Labute approximate surface area is 423 Å². The third-order valence-corrected chi connectivity index (χ3v) is 14.7. The molecule has 0 saturated heterocycles. The third-order valence-electron chi connectivity index (χ3n) is 14.7. The van der Waals surface area contributed by atoms with Gasteiger partial charge >= 0.3 is 0 Å². The summed E-state index contributed by atoms with van der Waals surface area (Å²) in [6.45, 7) is 13.1. The molecule has 10 heteroatoms. The Hall–Kier alpha value is -5.29. The molecule has 1 fully saturated rings. The lowest BCUT2D eigenvalue weighted by atomic mass is 9.55. The zero-order valence-corrected chi connectivity index (χ0v) is 43.0. The van der Waals surface area contributed by atoms with Crippen LogP contribution in [-0.2, 0) is 20.9 Å². The van der Waals surface area contributed by atoms with Crippen LogP contribution in [0.5, 0.6) is 17.2 Å². The van der Waals surface area contributed by atoms with Crippen molar-refractivity contribution in [3.05, 3.63) is 126 Å². The van der Waals surface area contributed by atoms with Crippen LogP contribution in [0.15, 0.2) is 114 Å². The van der Waals surface area contributed by atoms with Crippen molar-refractivity contribution < 1.29 is 38.9 Å². The molecule has 2 N–H and O–H groups in total. The van der Waals surface area contributed by atoms with E-state index in [9.17, 15) is 15.0 Å². The molecule has 1 amide bonds. The number of nitrogens with zero attached hydrogens (tertiary/aromatic N) is 2. The fraction of sp³-hybridized carbons (Fsp3) is 0.525. The van der Waals surface area contributed by atoms with E-state index in [0.717, 1.165) is 84.4 Å². The molecule has 6 unspecified atom stereocenters. The van der Waals surface area contributed by atoms with Gasteiger partial charge in [0.05, 0.1) is 18.2 Å². The van der Waals surface area contributed by atoms with Crippen LogP contribution in [0.3, 0.4) is 0 Å². The molecule has 0 bridgehead atoms. The van der Waals surface area contributed by atoms with Gasteiger partial charge in [0.1, 0.15) is 35.2 Å². The maximum Gasteiger partial charge on any atom is 0.239 e. The van der Waals surface area contributed by atoms with Crippen molar-refractivity contribution in [3.8, 4) is 17.2 Å². The first-order valence-corrected chi connectivity index (χ1v) is 26.8. The lowest BCUT2D eigenvalue weighted by molar-refractivity contribution is -0.258. The van der Waals surface area contributed by atoms with E-state index in [1.54, 1.807) is 18.2 Å². The highest BCUT2D eigenvalue weighted by atomic mass is 16.7. The van der Waals surface area contributed by atoms with Crippen LogP contribution in [0, 0.1) is 17.8 Å². The molecule has 3 aliphatic rings. The first-order valence-electron chi connectivity index (χ1n) is 26.8. The number of allylic oxidation sites excluding steroid dienone is 1. The zero-order chi connectivity index (χ0) is 50.2. The number of aliphatic hydroxyl groups excluding tert-OH is 2. The quantitative estimate of drug-likeness (QED) is 0.0249. The van der Waals surface area contributed by atoms with Gasteiger partial charge in [-0.2, -0.15) is 0 Å². The number of benzene rings is 4. The molecule has 4 aromatic carbocycles. The van der Waals surface area contributed by atoms with E-state index < -0.39 is 23.3 Å². The van der Waals surface area contributed by atoms with Crippen molar-refractivity contribution in [2.45, 2.75) is 167 Å². The first kappa shape index (κ1) is 53.5. The summed E-state index contributed by atoms with van der Waals surface area (Å²) in [6.07, 6.45) is 20.6. The maximum atomic E-state index is 15.5. The summed E-state index contributed by atoms with van der Waals surface area (Å²) in [6, 6.07) is 27.1. The standard InChI is InChI=1S/C61H80N2O8/c1-6-8-9-10-11-12-13-14-15-32-57(67)63(42-47-28-23-27-45-25-16-17-30-50(45)47)56-41-54(62-71-60(3,4)5)52-39-46(26-18-20-35-64)51(31-19-21-36-65)58-53-40-49(69-48-29-22-24-44(38-48)43-66)33-34-55(53)70-61(56,59(52)58)68-37-7-2/h7,16-17,22-25,27-30,33-34,38-40,43,46,51,56,58-59,64-65H,2,6,8-15,18-21,26,31-32,35-37,41-42H2,1,3-5H3. The van der Waals surface area contributed by atoms with Gasteiger partial charge in [-0.25, -0.2) is 0 Å². The zero-order valence-electron chi connectivity index (χ0n) is 43.0. The highest BCUT2D eigenvalue weighted by Gasteiger charge is 2.65.